The van der Waals surface area contributed by atoms with E-state index in [-0.39, 0.29) is 11.3 Å². The summed E-state index contributed by atoms with van der Waals surface area (Å²) in [7, 11) is 2.91. The Kier molecular flexibility index (Phi) is 6.87. The molecule has 0 aliphatic rings. The fourth-order valence-corrected chi connectivity index (χ4v) is 2.63. The maximum absolute atomic E-state index is 12.6. The number of carbonyl (C=O) groups is 2. The minimum atomic E-state index is -0.795. The number of hydrogen-bond acceptors (Lipinski definition) is 5. The van der Waals surface area contributed by atoms with E-state index in [1.807, 2.05) is 18.2 Å². The van der Waals surface area contributed by atoms with Crippen molar-refractivity contribution in [2.45, 2.75) is 32.8 Å². The van der Waals surface area contributed by atoms with Gasteiger partial charge in [0, 0.05) is 6.07 Å². The van der Waals surface area contributed by atoms with Gasteiger partial charge in [0.15, 0.2) is 17.6 Å². The number of primary amides is 1. The van der Waals surface area contributed by atoms with Gasteiger partial charge in [-0.1, -0.05) is 26.0 Å². The fraction of sp³-hybridized carbons (Fsp3) is 0.333. The van der Waals surface area contributed by atoms with Gasteiger partial charge in [0.25, 0.3) is 11.8 Å². The molecule has 2 aromatic rings. The number of hydrogen-bond donors (Lipinski definition) is 2. The van der Waals surface area contributed by atoms with Crippen molar-refractivity contribution in [2.24, 2.45) is 5.73 Å². The van der Waals surface area contributed by atoms with Crippen molar-refractivity contribution >= 4 is 17.5 Å². The Hall–Kier alpha value is -3.22. The quantitative estimate of drug-likeness (QED) is 0.725. The first-order chi connectivity index (χ1) is 13.3. The molecule has 0 fully saturated rings. The molecule has 0 saturated carbocycles. The van der Waals surface area contributed by atoms with E-state index in [1.54, 1.807) is 13.0 Å². The fourth-order valence-electron chi connectivity index (χ4n) is 2.63. The highest BCUT2D eigenvalue weighted by atomic mass is 16.5. The predicted molar refractivity (Wildman–Crippen MR) is 107 cm³/mol. The first kappa shape index (κ1) is 21.1. The second-order valence-corrected chi connectivity index (χ2v) is 6.59. The van der Waals surface area contributed by atoms with Gasteiger partial charge >= 0.3 is 0 Å². The van der Waals surface area contributed by atoms with E-state index in [0.717, 1.165) is 5.56 Å². The number of methoxy groups -OCH3 is 2. The standard InChI is InChI=1S/C21H26N2O5/c1-12(2)14-7-6-8-15(9-14)28-13(3)21(25)23-17-11-19(27-5)18(26-4)10-16(17)20(22)24/h6-13H,1-5H3,(H2,22,24)(H,23,25). The SMILES string of the molecule is COc1cc(NC(=O)C(C)Oc2cccc(C(C)C)c2)c(C(N)=O)cc1OC. The lowest BCUT2D eigenvalue weighted by atomic mass is 10.0. The van der Waals surface area contributed by atoms with Crippen LogP contribution in [0.15, 0.2) is 36.4 Å². The Balaban J connectivity index is 2.21. The third-order valence-corrected chi connectivity index (χ3v) is 4.25. The summed E-state index contributed by atoms with van der Waals surface area (Å²) in [4.78, 5) is 24.4. The van der Waals surface area contributed by atoms with E-state index in [0.29, 0.717) is 23.2 Å². The first-order valence-corrected chi connectivity index (χ1v) is 8.90. The normalized spacial score (nSPS) is 11.6. The zero-order chi connectivity index (χ0) is 20.8. The number of carbonyl (C=O) groups excluding carboxylic acids is 2. The summed E-state index contributed by atoms with van der Waals surface area (Å²) in [6.07, 6.45) is -0.795. The van der Waals surface area contributed by atoms with Crippen molar-refractivity contribution in [3.05, 3.63) is 47.5 Å². The van der Waals surface area contributed by atoms with Crippen molar-refractivity contribution in [3.8, 4) is 17.2 Å². The molecule has 0 heterocycles. The van der Waals surface area contributed by atoms with Gasteiger partial charge in [-0.05, 0) is 36.6 Å². The van der Waals surface area contributed by atoms with Gasteiger partial charge in [-0.2, -0.15) is 0 Å². The number of nitrogens with one attached hydrogen (secondary N) is 1. The number of rotatable bonds is 8. The molecule has 3 N–H and O–H groups in total. The highest BCUT2D eigenvalue weighted by Crippen LogP contribution is 2.33. The number of anilines is 1. The van der Waals surface area contributed by atoms with Gasteiger partial charge in [-0.25, -0.2) is 0 Å². The summed E-state index contributed by atoms with van der Waals surface area (Å²) in [6, 6.07) is 10.5. The van der Waals surface area contributed by atoms with Crippen molar-refractivity contribution in [1.82, 2.24) is 0 Å². The molecule has 0 radical (unpaired) electrons. The molecule has 2 amide bonds. The lowest BCUT2D eigenvalue weighted by molar-refractivity contribution is -0.122. The monoisotopic (exact) mass is 386 g/mol. The smallest absolute Gasteiger partial charge is 0.265 e. The van der Waals surface area contributed by atoms with Crippen molar-refractivity contribution < 1.29 is 23.8 Å². The van der Waals surface area contributed by atoms with Crippen LogP contribution in [-0.4, -0.2) is 32.1 Å². The highest BCUT2D eigenvalue weighted by Gasteiger charge is 2.20. The molecular weight excluding hydrogens is 360 g/mol. The van der Waals surface area contributed by atoms with Crippen molar-refractivity contribution in [2.75, 3.05) is 19.5 Å². The minimum Gasteiger partial charge on any atom is -0.493 e. The van der Waals surface area contributed by atoms with E-state index in [9.17, 15) is 9.59 Å². The Morgan fingerprint density at radius 3 is 2.21 bits per heavy atom. The number of benzene rings is 2. The Bertz CT molecular complexity index is 864. The Labute approximate surface area is 164 Å². The van der Waals surface area contributed by atoms with Crippen LogP contribution >= 0.6 is 0 Å². The van der Waals surface area contributed by atoms with Crippen molar-refractivity contribution in [3.63, 3.8) is 0 Å². The summed E-state index contributed by atoms with van der Waals surface area (Å²) in [5, 5.41) is 2.67. The minimum absolute atomic E-state index is 0.111. The zero-order valence-electron chi connectivity index (χ0n) is 16.7. The molecule has 1 unspecified atom stereocenters. The first-order valence-electron chi connectivity index (χ1n) is 8.90. The molecule has 0 spiro atoms. The van der Waals surface area contributed by atoms with Crippen LogP contribution in [-0.2, 0) is 4.79 Å². The molecule has 2 rings (SSSR count). The molecule has 7 heteroatoms. The Morgan fingerprint density at radius 1 is 1.00 bits per heavy atom. The topological polar surface area (TPSA) is 99.9 Å². The molecule has 7 nitrogen and oxygen atoms in total. The molecule has 0 aromatic heterocycles. The zero-order valence-corrected chi connectivity index (χ0v) is 16.7. The molecule has 0 aliphatic carbocycles. The molecule has 0 bridgehead atoms. The molecule has 2 aromatic carbocycles. The van der Waals surface area contributed by atoms with Crippen LogP contribution in [0.1, 0.15) is 42.6 Å². The van der Waals surface area contributed by atoms with Crippen molar-refractivity contribution in [1.29, 1.82) is 0 Å². The lowest BCUT2D eigenvalue weighted by Gasteiger charge is -2.18. The average Bonchev–Trinajstić information content (AvgIpc) is 2.67. The van der Waals surface area contributed by atoms with Gasteiger partial charge in [0.05, 0.1) is 25.5 Å². The van der Waals surface area contributed by atoms with Crippen LogP contribution in [0.5, 0.6) is 17.2 Å². The summed E-state index contributed by atoms with van der Waals surface area (Å²) < 4.78 is 16.2. The highest BCUT2D eigenvalue weighted by molar-refractivity contribution is 6.04. The third-order valence-electron chi connectivity index (χ3n) is 4.25. The van der Waals surface area contributed by atoms with Gasteiger partial charge in [-0.3, -0.25) is 9.59 Å². The van der Waals surface area contributed by atoms with E-state index < -0.39 is 17.9 Å². The second-order valence-electron chi connectivity index (χ2n) is 6.59. The number of ether oxygens (including phenoxy) is 3. The van der Waals surface area contributed by atoms with E-state index in [1.165, 1.54) is 26.4 Å². The lowest BCUT2D eigenvalue weighted by Crippen LogP contribution is -2.31. The van der Waals surface area contributed by atoms with E-state index in [4.69, 9.17) is 19.9 Å². The molecular formula is C21H26N2O5. The maximum atomic E-state index is 12.6. The van der Waals surface area contributed by atoms with Gasteiger partial charge in [-0.15, -0.1) is 0 Å². The number of nitrogens with two attached hydrogens (primary N) is 1. The second kappa shape index (κ2) is 9.12. The van der Waals surface area contributed by atoms with Crippen LogP contribution in [0.4, 0.5) is 5.69 Å². The van der Waals surface area contributed by atoms with Crippen LogP contribution in [0.3, 0.4) is 0 Å². The summed E-state index contributed by atoms with van der Waals surface area (Å²) in [5.74, 6) is 0.512. The summed E-state index contributed by atoms with van der Waals surface area (Å²) >= 11 is 0. The van der Waals surface area contributed by atoms with Gasteiger partial charge in [0.2, 0.25) is 0 Å². The van der Waals surface area contributed by atoms with Crippen LogP contribution in [0, 0.1) is 0 Å². The van der Waals surface area contributed by atoms with E-state index >= 15 is 0 Å². The molecule has 0 aliphatic heterocycles. The van der Waals surface area contributed by atoms with E-state index in [2.05, 4.69) is 19.2 Å². The van der Waals surface area contributed by atoms with Crippen LogP contribution in [0.2, 0.25) is 0 Å². The summed E-state index contributed by atoms with van der Waals surface area (Å²) in [6.45, 7) is 5.79. The Morgan fingerprint density at radius 2 is 1.64 bits per heavy atom. The number of amides is 2. The molecule has 28 heavy (non-hydrogen) atoms. The van der Waals surface area contributed by atoms with Crippen LogP contribution < -0.4 is 25.3 Å². The van der Waals surface area contributed by atoms with Gasteiger partial charge in [0.1, 0.15) is 5.75 Å². The largest absolute Gasteiger partial charge is 0.493 e. The molecule has 0 saturated heterocycles. The average molecular weight is 386 g/mol. The van der Waals surface area contributed by atoms with Gasteiger partial charge < -0.3 is 25.3 Å². The predicted octanol–water partition coefficient (Wildman–Crippen LogP) is 3.33. The third kappa shape index (κ3) is 4.94. The van der Waals surface area contributed by atoms with Crippen LogP contribution in [0.25, 0.3) is 0 Å². The summed E-state index contributed by atoms with van der Waals surface area (Å²) in [5.41, 5.74) is 6.88. The molecule has 150 valence electrons. The maximum Gasteiger partial charge on any atom is 0.265 e. The molecule has 1 atom stereocenters.